The number of pyridine rings is 1. The standard InChI is InChI=1S/C26H29N5O6S/c32-25(21-16-19(37-30-21)10-3-5-14-27-24-13-4-6-15-28-24)29-17-22(26(33)34)31-38(35,36)23-12-7-9-18-8-1-2-11-20(18)23/h1-2,4,6-9,11-13,15,19,22,31H,3,5,10,14,16-17H2,(H,27,28)(H,29,32)(H,33,34). The summed E-state index contributed by atoms with van der Waals surface area (Å²) >= 11 is 0. The monoisotopic (exact) mass is 539 g/mol. The van der Waals surface area contributed by atoms with Crippen LogP contribution in [0.25, 0.3) is 10.8 Å². The Kier molecular flexibility index (Phi) is 8.87. The molecule has 200 valence electrons. The maximum Gasteiger partial charge on any atom is 0.323 e. The number of anilines is 1. The second kappa shape index (κ2) is 12.5. The second-order valence-corrected chi connectivity index (χ2v) is 10.5. The van der Waals surface area contributed by atoms with E-state index in [1.165, 1.54) is 6.07 Å². The Bertz CT molecular complexity index is 1410. The molecule has 0 saturated heterocycles. The highest BCUT2D eigenvalue weighted by Crippen LogP contribution is 2.23. The molecule has 11 nitrogen and oxygen atoms in total. The predicted octanol–water partition coefficient (Wildman–Crippen LogP) is 2.51. The number of carboxylic acids is 1. The number of benzene rings is 2. The zero-order valence-corrected chi connectivity index (χ0v) is 21.4. The summed E-state index contributed by atoms with van der Waals surface area (Å²) in [7, 11) is -4.19. The van der Waals surface area contributed by atoms with Crippen LogP contribution in [-0.2, 0) is 24.4 Å². The number of sulfonamides is 1. The molecule has 2 unspecified atom stereocenters. The van der Waals surface area contributed by atoms with Crippen molar-refractivity contribution in [3.8, 4) is 0 Å². The number of hydrogen-bond acceptors (Lipinski definition) is 8. The normalized spacial score (nSPS) is 15.9. The van der Waals surface area contributed by atoms with Crippen molar-refractivity contribution in [3.05, 3.63) is 66.9 Å². The number of unbranched alkanes of at least 4 members (excludes halogenated alkanes) is 1. The lowest BCUT2D eigenvalue weighted by atomic mass is 10.1. The molecule has 0 aliphatic carbocycles. The summed E-state index contributed by atoms with van der Waals surface area (Å²) in [5.74, 6) is -1.21. The van der Waals surface area contributed by atoms with E-state index >= 15 is 0 Å². The SMILES string of the molecule is O=C(NCC(NS(=O)(=O)c1cccc2ccccc12)C(=O)O)C1=NOC(CCCCNc2ccccn2)C1. The van der Waals surface area contributed by atoms with Crippen molar-refractivity contribution in [3.63, 3.8) is 0 Å². The van der Waals surface area contributed by atoms with Crippen LogP contribution in [0.5, 0.6) is 0 Å². The predicted molar refractivity (Wildman–Crippen MR) is 142 cm³/mol. The summed E-state index contributed by atoms with van der Waals surface area (Å²) in [6, 6.07) is 15.7. The molecule has 0 saturated carbocycles. The smallest absolute Gasteiger partial charge is 0.323 e. The zero-order valence-electron chi connectivity index (χ0n) is 20.5. The van der Waals surface area contributed by atoms with E-state index in [9.17, 15) is 23.1 Å². The Morgan fingerprint density at radius 2 is 1.84 bits per heavy atom. The molecular formula is C26H29N5O6S. The van der Waals surface area contributed by atoms with Crippen molar-refractivity contribution in [2.75, 3.05) is 18.4 Å². The molecule has 2 heterocycles. The molecule has 2 atom stereocenters. The second-order valence-electron chi connectivity index (χ2n) is 8.81. The van der Waals surface area contributed by atoms with Crippen LogP contribution in [0, 0.1) is 0 Å². The van der Waals surface area contributed by atoms with Gasteiger partial charge in [-0.1, -0.05) is 47.6 Å². The molecule has 0 bridgehead atoms. The highest BCUT2D eigenvalue weighted by Gasteiger charge is 2.30. The fourth-order valence-corrected chi connectivity index (χ4v) is 5.47. The van der Waals surface area contributed by atoms with E-state index in [1.807, 2.05) is 18.2 Å². The minimum absolute atomic E-state index is 0.0418. The highest BCUT2D eigenvalue weighted by atomic mass is 32.2. The molecule has 0 radical (unpaired) electrons. The quantitative estimate of drug-likeness (QED) is 0.241. The van der Waals surface area contributed by atoms with Crippen LogP contribution >= 0.6 is 0 Å². The molecule has 1 aliphatic rings. The molecule has 0 spiro atoms. The average Bonchev–Trinajstić information content (AvgIpc) is 3.40. The summed E-state index contributed by atoms with van der Waals surface area (Å²) in [4.78, 5) is 33.8. The van der Waals surface area contributed by atoms with Crippen molar-refractivity contribution in [2.45, 2.75) is 42.7 Å². The van der Waals surface area contributed by atoms with Gasteiger partial charge < -0.3 is 20.6 Å². The van der Waals surface area contributed by atoms with Crippen molar-refractivity contribution < 1.29 is 28.0 Å². The number of carbonyl (C=O) groups is 2. The number of carbonyl (C=O) groups excluding carboxylic acids is 1. The zero-order chi connectivity index (χ0) is 27.0. The molecule has 1 aliphatic heterocycles. The largest absolute Gasteiger partial charge is 0.480 e. The van der Waals surface area contributed by atoms with Crippen LogP contribution in [-0.4, -0.2) is 61.3 Å². The van der Waals surface area contributed by atoms with Crippen LogP contribution in [0.4, 0.5) is 5.82 Å². The number of nitrogens with zero attached hydrogens (tertiary/aromatic N) is 2. The van der Waals surface area contributed by atoms with Gasteiger partial charge in [0.1, 0.15) is 23.7 Å². The molecule has 1 amide bonds. The minimum Gasteiger partial charge on any atom is -0.480 e. The highest BCUT2D eigenvalue weighted by molar-refractivity contribution is 7.89. The molecule has 38 heavy (non-hydrogen) atoms. The third-order valence-corrected chi connectivity index (χ3v) is 7.55. The number of aliphatic carboxylic acids is 1. The average molecular weight is 540 g/mol. The number of amides is 1. The molecule has 12 heteroatoms. The Balaban J connectivity index is 1.24. The first-order valence-corrected chi connectivity index (χ1v) is 13.7. The summed E-state index contributed by atoms with van der Waals surface area (Å²) < 4.78 is 28.2. The summed E-state index contributed by atoms with van der Waals surface area (Å²) in [5.41, 5.74) is 0.141. The van der Waals surface area contributed by atoms with Gasteiger partial charge in [0.2, 0.25) is 10.0 Å². The lowest BCUT2D eigenvalue weighted by molar-refractivity contribution is -0.138. The summed E-state index contributed by atoms with van der Waals surface area (Å²) in [6.45, 7) is 0.296. The van der Waals surface area contributed by atoms with Crippen LogP contribution in [0.1, 0.15) is 25.7 Å². The van der Waals surface area contributed by atoms with Gasteiger partial charge in [-0.15, -0.1) is 0 Å². The topological polar surface area (TPSA) is 159 Å². The number of rotatable bonds is 13. The van der Waals surface area contributed by atoms with E-state index in [1.54, 1.807) is 42.6 Å². The first-order chi connectivity index (χ1) is 18.3. The van der Waals surface area contributed by atoms with Gasteiger partial charge in [0.05, 0.1) is 4.90 Å². The van der Waals surface area contributed by atoms with Gasteiger partial charge in [0.15, 0.2) is 0 Å². The fraction of sp³-hybridized carbons (Fsp3) is 0.308. The van der Waals surface area contributed by atoms with E-state index in [0.717, 1.165) is 25.2 Å². The third kappa shape index (κ3) is 7.05. The molecule has 4 N–H and O–H groups in total. The van der Waals surface area contributed by atoms with E-state index in [4.69, 9.17) is 4.84 Å². The number of fused-ring (bicyclic) bond motifs is 1. The Morgan fingerprint density at radius 3 is 2.63 bits per heavy atom. The first-order valence-electron chi connectivity index (χ1n) is 12.2. The van der Waals surface area contributed by atoms with Crippen molar-refractivity contribution >= 4 is 44.2 Å². The maximum atomic E-state index is 13.0. The van der Waals surface area contributed by atoms with Crippen LogP contribution < -0.4 is 15.4 Å². The van der Waals surface area contributed by atoms with E-state index in [-0.39, 0.29) is 16.7 Å². The number of nitrogens with one attached hydrogen (secondary N) is 3. The van der Waals surface area contributed by atoms with Crippen molar-refractivity contribution in [1.29, 1.82) is 0 Å². The molecular weight excluding hydrogens is 510 g/mol. The maximum absolute atomic E-state index is 13.0. The van der Waals surface area contributed by atoms with Crippen molar-refractivity contribution in [2.24, 2.45) is 5.16 Å². The summed E-state index contributed by atoms with van der Waals surface area (Å²) in [5, 5.41) is 20.3. The van der Waals surface area contributed by atoms with Crippen LogP contribution in [0.2, 0.25) is 0 Å². The van der Waals surface area contributed by atoms with Crippen molar-refractivity contribution in [1.82, 2.24) is 15.0 Å². The van der Waals surface area contributed by atoms with E-state index in [0.29, 0.717) is 23.6 Å². The van der Waals surface area contributed by atoms with Crippen LogP contribution in [0.15, 0.2) is 76.9 Å². The third-order valence-electron chi connectivity index (χ3n) is 6.02. The fourth-order valence-electron chi connectivity index (χ4n) is 4.06. The molecule has 1 aromatic heterocycles. The van der Waals surface area contributed by atoms with E-state index < -0.39 is 34.5 Å². The lowest BCUT2D eigenvalue weighted by Gasteiger charge is -2.16. The van der Waals surface area contributed by atoms with Gasteiger partial charge in [-0.2, -0.15) is 4.72 Å². The minimum atomic E-state index is -4.19. The van der Waals surface area contributed by atoms with Gasteiger partial charge in [-0.05, 0) is 42.8 Å². The lowest BCUT2D eigenvalue weighted by Crippen LogP contribution is -2.49. The van der Waals surface area contributed by atoms with E-state index in [2.05, 4.69) is 25.5 Å². The first kappa shape index (κ1) is 27.0. The van der Waals surface area contributed by atoms with Gasteiger partial charge in [0, 0.05) is 31.1 Å². The molecule has 0 fully saturated rings. The molecule has 4 rings (SSSR count). The number of oxime groups is 1. The van der Waals surface area contributed by atoms with Gasteiger partial charge >= 0.3 is 5.97 Å². The number of hydrogen-bond donors (Lipinski definition) is 4. The number of aromatic nitrogens is 1. The van der Waals surface area contributed by atoms with Crippen LogP contribution in [0.3, 0.4) is 0 Å². The van der Waals surface area contributed by atoms with Gasteiger partial charge in [-0.25, -0.2) is 13.4 Å². The Hall–Kier alpha value is -4.03. The molecule has 3 aromatic rings. The Labute approximate surface area is 220 Å². The molecule has 2 aromatic carbocycles. The van der Waals surface area contributed by atoms with Gasteiger partial charge in [0.25, 0.3) is 5.91 Å². The number of carboxylic acid groups (broad SMARTS) is 1. The van der Waals surface area contributed by atoms with Gasteiger partial charge in [-0.3, -0.25) is 9.59 Å². The Morgan fingerprint density at radius 1 is 1.05 bits per heavy atom. The summed E-state index contributed by atoms with van der Waals surface area (Å²) in [6.07, 6.45) is 4.20.